The Bertz CT molecular complexity index is 544. The predicted molar refractivity (Wildman–Crippen MR) is 81.0 cm³/mol. The predicted octanol–water partition coefficient (Wildman–Crippen LogP) is 4.52. The lowest BCUT2D eigenvalue weighted by Gasteiger charge is -1.96. The second kappa shape index (κ2) is 8.18. The van der Waals surface area contributed by atoms with Crippen LogP contribution in [-0.2, 0) is 6.54 Å². The number of carbonyl (C=O) groups excluding carboxylic acids is 1. The van der Waals surface area contributed by atoms with Crippen LogP contribution in [0.1, 0.15) is 15.9 Å². The molecule has 0 aliphatic heterocycles. The molecular formula is C14H12Cl3NO. The third-order valence-electron chi connectivity index (χ3n) is 2.23. The highest BCUT2D eigenvalue weighted by atomic mass is 35.5. The number of hydrogen-bond donors (Lipinski definition) is 1. The molecule has 2 N–H and O–H groups in total. The molecule has 0 aliphatic carbocycles. The minimum absolute atomic E-state index is 0.332. The summed E-state index contributed by atoms with van der Waals surface area (Å²) in [7, 11) is 0. The number of rotatable bonds is 2. The molecule has 0 atom stereocenters. The Kier molecular flexibility index (Phi) is 6.89. The van der Waals surface area contributed by atoms with E-state index in [1.165, 1.54) is 23.8 Å². The molecule has 2 aromatic carbocycles. The SMILES string of the molecule is NCc1ccccc1.O=C(Cl)c1ccc(Cl)c(Cl)c1. The molecule has 0 aliphatic rings. The van der Waals surface area contributed by atoms with Crippen LogP contribution in [0.4, 0.5) is 0 Å². The van der Waals surface area contributed by atoms with Gasteiger partial charge in [0.25, 0.3) is 5.24 Å². The molecule has 0 amide bonds. The average Bonchev–Trinajstić information content (AvgIpc) is 2.43. The average molecular weight is 317 g/mol. The van der Waals surface area contributed by atoms with Crippen molar-refractivity contribution >= 4 is 40.0 Å². The van der Waals surface area contributed by atoms with Crippen molar-refractivity contribution in [2.45, 2.75) is 6.54 Å². The van der Waals surface area contributed by atoms with Gasteiger partial charge in [0.1, 0.15) is 0 Å². The molecular weight excluding hydrogens is 305 g/mol. The molecule has 0 saturated heterocycles. The van der Waals surface area contributed by atoms with Gasteiger partial charge in [-0.1, -0.05) is 53.5 Å². The van der Waals surface area contributed by atoms with Crippen LogP contribution in [-0.4, -0.2) is 5.24 Å². The summed E-state index contributed by atoms with van der Waals surface area (Å²) in [5, 5.41) is 0.204. The molecule has 0 saturated carbocycles. The number of carbonyl (C=O) groups is 1. The van der Waals surface area contributed by atoms with Crippen LogP contribution in [0.2, 0.25) is 10.0 Å². The van der Waals surface area contributed by atoms with Crippen molar-refractivity contribution in [2.75, 3.05) is 0 Å². The summed E-state index contributed by atoms with van der Waals surface area (Å²) in [6.45, 7) is 0.640. The van der Waals surface area contributed by atoms with Gasteiger partial charge in [0.05, 0.1) is 10.0 Å². The fourth-order valence-corrected chi connectivity index (χ4v) is 1.65. The molecule has 0 spiro atoms. The second-order valence-electron chi connectivity index (χ2n) is 3.59. The summed E-state index contributed by atoms with van der Waals surface area (Å²) in [5.74, 6) is 0. The van der Waals surface area contributed by atoms with E-state index in [4.69, 9.17) is 40.5 Å². The van der Waals surface area contributed by atoms with Crippen LogP contribution < -0.4 is 5.73 Å². The molecule has 0 fully saturated rings. The van der Waals surface area contributed by atoms with Crippen molar-refractivity contribution in [3.63, 3.8) is 0 Å². The Labute approximate surface area is 127 Å². The smallest absolute Gasteiger partial charge is 0.252 e. The lowest BCUT2D eigenvalue weighted by Crippen LogP contribution is -1.94. The van der Waals surface area contributed by atoms with Gasteiger partial charge in [-0.15, -0.1) is 0 Å². The van der Waals surface area contributed by atoms with E-state index in [-0.39, 0.29) is 0 Å². The Morgan fingerprint density at radius 1 is 1.00 bits per heavy atom. The van der Waals surface area contributed by atoms with Gasteiger partial charge in [-0.2, -0.15) is 0 Å². The van der Waals surface area contributed by atoms with E-state index in [0.717, 1.165) is 0 Å². The van der Waals surface area contributed by atoms with E-state index in [1.807, 2.05) is 30.3 Å². The lowest BCUT2D eigenvalue weighted by atomic mass is 10.2. The molecule has 100 valence electrons. The quantitative estimate of drug-likeness (QED) is 0.828. The maximum atomic E-state index is 10.6. The standard InChI is InChI=1S/C7H3Cl3O.C7H9N/c8-5-2-1-4(7(10)11)3-6(5)9;8-6-7-4-2-1-3-5-7/h1-3H;1-5H,6,8H2. The van der Waals surface area contributed by atoms with Gasteiger partial charge in [-0.3, -0.25) is 4.79 Å². The van der Waals surface area contributed by atoms with Crippen LogP contribution >= 0.6 is 34.8 Å². The summed E-state index contributed by atoms with van der Waals surface area (Å²) >= 11 is 16.4. The third kappa shape index (κ3) is 5.62. The van der Waals surface area contributed by atoms with Crippen molar-refractivity contribution in [1.29, 1.82) is 0 Å². The molecule has 0 radical (unpaired) electrons. The maximum Gasteiger partial charge on any atom is 0.252 e. The first kappa shape index (κ1) is 16.0. The highest BCUT2D eigenvalue weighted by Gasteiger charge is 2.03. The molecule has 2 nitrogen and oxygen atoms in total. The van der Waals surface area contributed by atoms with E-state index >= 15 is 0 Å². The van der Waals surface area contributed by atoms with E-state index in [9.17, 15) is 4.79 Å². The summed E-state index contributed by atoms with van der Waals surface area (Å²) in [5.41, 5.74) is 6.89. The molecule has 0 bridgehead atoms. The Morgan fingerprint density at radius 2 is 1.63 bits per heavy atom. The van der Waals surface area contributed by atoms with Crippen LogP contribution in [0.25, 0.3) is 0 Å². The molecule has 2 rings (SSSR count). The molecule has 19 heavy (non-hydrogen) atoms. The zero-order valence-corrected chi connectivity index (χ0v) is 12.2. The van der Waals surface area contributed by atoms with Crippen LogP contribution in [0.5, 0.6) is 0 Å². The van der Waals surface area contributed by atoms with E-state index in [2.05, 4.69) is 0 Å². The van der Waals surface area contributed by atoms with Crippen molar-refractivity contribution in [2.24, 2.45) is 5.73 Å². The van der Waals surface area contributed by atoms with Gasteiger partial charge in [-0.25, -0.2) is 0 Å². The topological polar surface area (TPSA) is 43.1 Å². The molecule has 0 heterocycles. The minimum atomic E-state index is -0.538. The summed E-state index contributed by atoms with van der Waals surface area (Å²) in [6.07, 6.45) is 0. The maximum absolute atomic E-state index is 10.6. The minimum Gasteiger partial charge on any atom is -0.326 e. The summed E-state index contributed by atoms with van der Waals surface area (Å²) < 4.78 is 0. The number of nitrogens with two attached hydrogens (primary N) is 1. The van der Waals surface area contributed by atoms with Crippen molar-refractivity contribution in [3.05, 3.63) is 69.7 Å². The first-order valence-electron chi connectivity index (χ1n) is 5.43. The van der Waals surface area contributed by atoms with Gasteiger partial charge in [0.15, 0.2) is 0 Å². The van der Waals surface area contributed by atoms with Crippen molar-refractivity contribution in [1.82, 2.24) is 0 Å². The summed E-state index contributed by atoms with van der Waals surface area (Å²) in [6, 6.07) is 14.5. The van der Waals surface area contributed by atoms with E-state index in [0.29, 0.717) is 22.2 Å². The van der Waals surface area contributed by atoms with Crippen LogP contribution in [0.3, 0.4) is 0 Å². The first-order chi connectivity index (χ1) is 9.04. The molecule has 2 aromatic rings. The second-order valence-corrected chi connectivity index (χ2v) is 4.75. The van der Waals surface area contributed by atoms with Crippen molar-refractivity contribution < 1.29 is 4.79 Å². The largest absolute Gasteiger partial charge is 0.326 e. The Hall–Kier alpha value is -1.06. The number of hydrogen-bond acceptors (Lipinski definition) is 2. The van der Waals surface area contributed by atoms with Gasteiger partial charge in [0.2, 0.25) is 0 Å². The van der Waals surface area contributed by atoms with Crippen molar-refractivity contribution in [3.8, 4) is 0 Å². The summed E-state index contributed by atoms with van der Waals surface area (Å²) in [4.78, 5) is 10.6. The van der Waals surface area contributed by atoms with Crippen LogP contribution in [0.15, 0.2) is 48.5 Å². The van der Waals surface area contributed by atoms with Gasteiger partial charge in [0, 0.05) is 12.1 Å². The lowest BCUT2D eigenvalue weighted by molar-refractivity contribution is 0.108. The number of halogens is 3. The zero-order valence-electron chi connectivity index (χ0n) is 9.95. The van der Waals surface area contributed by atoms with Crippen LogP contribution in [0, 0.1) is 0 Å². The Morgan fingerprint density at radius 3 is 2.05 bits per heavy atom. The van der Waals surface area contributed by atoms with E-state index < -0.39 is 5.24 Å². The van der Waals surface area contributed by atoms with E-state index in [1.54, 1.807) is 0 Å². The van der Waals surface area contributed by atoms with Gasteiger partial charge >= 0.3 is 0 Å². The molecule has 5 heteroatoms. The monoisotopic (exact) mass is 315 g/mol. The van der Waals surface area contributed by atoms with Gasteiger partial charge < -0.3 is 5.73 Å². The normalized spacial score (nSPS) is 9.47. The van der Waals surface area contributed by atoms with Gasteiger partial charge in [-0.05, 0) is 35.4 Å². The fourth-order valence-electron chi connectivity index (χ4n) is 1.23. The Balaban J connectivity index is 0.000000200. The fraction of sp³-hybridized carbons (Fsp3) is 0.0714. The molecule has 0 unspecified atom stereocenters. The highest BCUT2D eigenvalue weighted by molar-refractivity contribution is 6.67. The third-order valence-corrected chi connectivity index (χ3v) is 3.18. The first-order valence-corrected chi connectivity index (χ1v) is 6.57. The number of benzene rings is 2. The zero-order chi connectivity index (χ0) is 14.3. The molecule has 0 aromatic heterocycles. The highest BCUT2D eigenvalue weighted by Crippen LogP contribution is 2.23.